The zero-order chi connectivity index (χ0) is 21.8. The van der Waals surface area contributed by atoms with Crippen LogP contribution in [0.2, 0.25) is 0 Å². The smallest absolute Gasteiger partial charge is 0.411 e. The highest BCUT2D eigenvalue weighted by molar-refractivity contribution is 5.86. The highest BCUT2D eigenvalue weighted by Gasteiger charge is 2.50. The number of hydrogen-bond acceptors (Lipinski definition) is 6. The van der Waals surface area contributed by atoms with Crippen LogP contribution in [-0.4, -0.2) is 65.4 Å². The summed E-state index contributed by atoms with van der Waals surface area (Å²) in [5.41, 5.74) is 0.274. The topological polar surface area (TPSA) is 95.0 Å². The van der Waals surface area contributed by atoms with Gasteiger partial charge in [0.05, 0.1) is 30.0 Å². The predicted molar refractivity (Wildman–Crippen MR) is 118 cm³/mol. The van der Waals surface area contributed by atoms with E-state index < -0.39 is 6.09 Å². The second kappa shape index (κ2) is 9.42. The first-order chi connectivity index (χ1) is 15.0. The summed E-state index contributed by atoms with van der Waals surface area (Å²) in [5, 5.41) is 12.5. The number of nitrogens with one attached hydrogen (secondary N) is 1. The van der Waals surface area contributed by atoms with Gasteiger partial charge in [0.25, 0.3) is 0 Å². The second-order valence-corrected chi connectivity index (χ2v) is 9.18. The van der Waals surface area contributed by atoms with Crippen LogP contribution in [0.25, 0.3) is 0 Å². The van der Waals surface area contributed by atoms with Gasteiger partial charge in [0.1, 0.15) is 5.82 Å². The summed E-state index contributed by atoms with van der Waals surface area (Å²) >= 11 is 0. The Labute approximate surface area is 184 Å². The number of aliphatic hydroxyl groups excluding tert-OH is 1. The van der Waals surface area contributed by atoms with E-state index in [1.807, 2.05) is 19.1 Å². The highest BCUT2D eigenvalue weighted by atomic mass is 16.5. The molecule has 2 saturated heterocycles. The van der Waals surface area contributed by atoms with Crippen LogP contribution in [0.5, 0.6) is 0 Å². The zero-order valence-corrected chi connectivity index (χ0v) is 18.4. The molecule has 0 radical (unpaired) electrons. The van der Waals surface area contributed by atoms with E-state index >= 15 is 0 Å². The minimum Gasteiger partial charge on any atom is -0.449 e. The summed E-state index contributed by atoms with van der Waals surface area (Å²) in [4.78, 5) is 34.0. The van der Waals surface area contributed by atoms with Crippen molar-refractivity contribution < 1.29 is 19.4 Å². The number of piperidine rings is 1. The molecule has 0 aromatic carbocycles. The van der Waals surface area contributed by atoms with Crippen LogP contribution in [0.1, 0.15) is 58.3 Å². The summed E-state index contributed by atoms with van der Waals surface area (Å²) in [5.74, 6) is 1.12. The lowest BCUT2D eigenvalue weighted by molar-refractivity contribution is -0.139. The zero-order valence-electron chi connectivity index (χ0n) is 18.4. The second-order valence-electron chi connectivity index (χ2n) is 9.18. The van der Waals surface area contributed by atoms with E-state index in [0.29, 0.717) is 18.8 Å². The van der Waals surface area contributed by atoms with E-state index in [1.54, 1.807) is 6.20 Å². The molecule has 0 unspecified atom stereocenters. The van der Waals surface area contributed by atoms with Gasteiger partial charge in [-0.05, 0) is 63.5 Å². The van der Waals surface area contributed by atoms with E-state index in [9.17, 15) is 14.7 Å². The number of carbonyl (C=O) groups excluding carboxylic acids is 2. The molecular formula is C23H34N4O4. The molecule has 170 valence electrons. The number of anilines is 2. The maximum Gasteiger partial charge on any atom is 0.411 e. The van der Waals surface area contributed by atoms with Crippen molar-refractivity contribution in [2.24, 2.45) is 5.41 Å². The van der Waals surface area contributed by atoms with Crippen molar-refractivity contribution >= 4 is 23.5 Å². The SMILES string of the molecule is CCCOC(=O)Nc1ccc(N2CCC[C@@]3(CCN(C4CCC(O)CC4)C3=O)C2)nc1. The van der Waals surface area contributed by atoms with Crippen molar-refractivity contribution in [1.29, 1.82) is 0 Å². The molecule has 1 saturated carbocycles. The lowest BCUT2D eigenvalue weighted by Gasteiger charge is -2.41. The molecule has 1 spiro atoms. The highest BCUT2D eigenvalue weighted by Crippen LogP contribution is 2.43. The van der Waals surface area contributed by atoms with Crippen molar-refractivity contribution in [1.82, 2.24) is 9.88 Å². The molecule has 8 heteroatoms. The Morgan fingerprint density at radius 3 is 2.77 bits per heavy atom. The van der Waals surface area contributed by atoms with Gasteiger partial charge in [-0.25, -0.2) is 9.78 Å². The third-order valence-electron chi connectivity index (χ3n) is 6.99. The first-order valence-electron chi connectivity index (χ1n) is 11.6. The quantitative estimate of drug-likeness (QED) is 0.745. The average Bonchev–Trinajstić information content (AvgIpc) is 3.09. The Hall–Kier alpha value is -2.35. The Morgan fingerprint density at radius 2 is 2.06 bits per heavy atom. The Balaban J connectivity index is 1.38. The van der Waals surface area contributed by atoms with Gasteiger partial charge in [-0.3, -0.25) is 10.1 Å². The van der Waals surface area contributed by atoms with Gasteiger partial charge >= 0.3 is 6.09 Å². The lowest BCUT2D eigenvalue weighted by Crippen LogP contribution is -2.50. The summed E-state index contributed by atoms with van der Waals surface area (Å²) in [7, 11) is 0. The van der Waals surface area contributed by atoms with Crippen LogP contribution < -0.4 is 10.2 Å². The first kappa shape index (κ1) is 21.9. The molecule has 8 nitrogen and oxygen atoms in total. The number of aliphatic hydroxyl groups is 1. The number of hydrogen-bond donors (Lipinski definition) is 2. The summed E-state index contributed by atoms with van der Waals surface area (Å²) < 4.78 is 5.04. The van der Waals surface area contributed by atoms with Crippen molar-refractivity contribution in [2.75, 3.05) is 36.5 Å². The van der Waals surface area contributed by atoms with Crippen molar-refractivity contribution in [3.8, 4) is 0 Å². The average molecular weight is 431 g/mol. The molecule has 2 aliphatic heterocycles. The maximum atomic E-state index is 13.5. The van der Waals surface area contributed by atoms with Gasteiger partial charge in [-0.2, -0.15) is 0 Å². The monoisotopic (exact) mass is 430 g/mol. The molecule has 3 fully saturated rings. The lowest BCUT2D eigenvalue weighted by atomic mass is 9.78. The van der Waals surface area contributed by atoms with E-state index in [4.69, 9.17) is 4.74 Å². The largest absolute Gasteiger partial charge is 0.449 e. The van der Waals surface area contributed by atoms with Gasteiger partial charge in [0, 0.05) is 25.7 Å². The normalized spacial score (nSPS) is 28.8. The van der Waals surface area contributed by atoms with E-state index in [-0.39, 0.29) is 23.5 Å². The molecule has 1 atom stereocenters. The molecule has 2 N–H and O–H groups in total. The van der Waals surface area contributed by atoms with Crippen molar-refractivity contribution in [3.05, 3.63) is 18.3 Å². The van der Waals surface area contributed by atoms with Crippen LogP contribution in [0.3, 0.4) is 0 Å². The van der Waals surface area contributed by atoms with Crippen LogP contribution in [0.4, 0.5) is 16.3 Å². The van der Waals surface area contributed by atoms with Crippen LogP contribution in [0, 0.1) is 5.41 Å². The minimum atomic E-state index is -0.472. The number of ether oxygens (including phenoxy) is 1. The molecule has 1 aromatic rings. The Morgan fingerprint density at radius 1 is 1.26 bits per heavy atom. The molecule has 31 heavy (non-hydrogen) atoms. The van der Waals surface area contributed by atoms with Crippen LogP contribution in [0.15, 0.2) is 18.3 Å². The first-order valence-corrected chi connectivity index (χ1v) is 11.6. The summed E-state index contributed by atoms with van der Waals surface area (Å²) in [6.07, 6.45) is 7.93. The van der Waals surface area contributed by atoms with Gasteiger partial charge in [0.2, 0.25) is 5.91 Å². The van der Waals surface area contributed by atoms with Crippen LogP contribution >= 0.6 is 0 Å². The number of rotatable bonds is 5. The Bertz CT molecular complexity index is 778. The molecule has 3 aliphatic rings. The fraction of sp³-hybridized carbons (Fsp3) is 0.696. The fourth-order valence-corrected chi connectivity index (χ4v) is 5.27. The van der Waals surface area contributed by atoms with Crippen molar-refractivity contribution in [3.63, 3.8) is 0 Å². The number of pyridine rings is 1. The molecule has 1 aliphatic carbocycles. The van der Waals surface area contributed by atoms with E-state index in [1.165, 1.54) is 0 Å². The molecule has 4 rings (SSSR count). The van der Waals surface area contributed by atoms with Gasteiger partial charge < -0.3 is 19.6 Å². The number of aromatic nitrogens is 1. The molecule has 0 bridgehead atoms. The standard InChI is InChI=1S/C23H34N4O4/c1-2-14-31-22(30)25-17-4-9-20(24-15-17)26-12-3-10-23(16-26)11-13-27(21(23)29)18-5-7-19(28)8-6-18/h4,9,15,18-19,28H,2-3,5-8,10-14,16H2,1H3,(H,25,30)/t18?,19?,23-/m1/s1. The predicted octanol–water partition coefficient (Wildman–Crippen LogP) is 3.16. The van der Waals surface area contributed by atoms with Crippen LogP contribution in [-0.2, 0) is 9.53 Å². The summed E-state index contributed by atoms with van der Waals surface area (Å²) in [6, 6.07) is 4.00. The molecule has 3 heterocycles. The van der Waals surface area contributed by atoms with Gasteiger partial charge in [-0.15, -0.1) is 0 Å². The number of amides is 2. The number of likely N-dealkylation sites (tertiary alicyclic amines) is 1. The Kier molecular flexibility index (Phi) is 6.65. The van der Waals surface area contributed by atoms with E-state index in [2.05, 4.69) is 20.1 Å². The minimum absolute atomic E-state index is 0.204. The third kappa shape index (κ3) is 4.79. The molecular weight excluding hydrogens is 396 g/mol. The summed E-state index contributed by atoms with van der Waals surface area (Å²) in [6.45, 7) is 4.73. The number of nitrogens with zero attached hydrogens (tertiary/aromatic N) is 3. The third-order valence-corrected chi connectivity index (χ3v) is 6.99. The maximum absolute atomic E-state index is 13.5. The van der Waals surface area contributed by atoms with Crippen molar-refractivity contribution in [2.45, 2.75) is 70.4 Å². The van der Waals surface area contributed by atoms with Gasteiger partial charge in [-0.1, -0.05) is 6.92 Å². The molecule has 2 amide bonds. The van der Waals surface area contributed by atoms with E-state index in [0.717, 1.165) is 70.3 Å². The fourth-order valence-electron chi connectivity index (χ4n) is 5.27. The number of carbonyl (C=O) groups is 2. The molecule has 1 aromatic heterocycles. The van der Waals surface area contributed by atoms with Gasteiger partial charge in [0.15, 0.2) is 0 Å².